The number of aromatic amines is 1. The van der Waals surface area contributed by atoms with E-state index in [2.05, 4.69) is 22.1 Å². The standard InChI is InChI=1S/C28H28N4O3/c1-4-11-35-21-9-5-8-20(14-21)26-23-24(22-13-17(2)12-18(3)27(22)33)30-31-25(23)28(34)32(26)16-19-7-6-10-29-15-19/h5-10,12-15,26,33H,4,11,16H2,1-3H3,(H,30,31). The van der Waals surface area contributed by atoms with Crippen molar-refractivity contribution in [3.63, 3.8) is 0 Å². The maximum atomic E-state index is 13.6. The van der Waals surface area contributed by atoms with Crippen molar-refractivity contribution in [2.45, 2.75) is 39.8 Å². The number of fused-ring (bicyclic) bond motifs is 1. The third-order valence-corrected chi connectivity index (χ3v) is 6.29. The van der Waals surface area contributed by atoms with Crippen LogP contribution in [0.25, 0.3) is 11.3 Å². The average molecular weight is 469 g/mol. The van der Waals surface area contributed by atoms with Crippen molar-refractivity contribution in [2.24, 2.45) is 0 Å². The summed E-state index contributed by atoms with van der Waals surface area (Å²) in [5, 5.41) is 18.4. The number of phenolic OH excluding ortho intramolecular Hbond substituents is 1. The first-order chi connectivity index (χ1) is 17.0. The smallest absolute Gasteiger partial charge is 0.273 e. The first-order valence-electron chi connectivity index (χ1n) is 11.8. The van der Waals surface area contributed by atoms with Gasteiger partial charge in [-0.25, -0.2) is 0 Å². The molecule has 7 heteroatoms. The minimum absolute atomic E-state index is 0.142. The Bertz CT molecular complexity index is 1380. The highest BCUT2D eigenvalue weighted by molar-refractivity contribution is 6.00. The molecule has 3 heterocycles. The minimum atomic E-state index is -0.406. The van der Waals surface area contributed by atoms with Gasteiger partial charge < -0.3 is 14.7 Å². The van der Waals surface area contributed by atoms with Gasteiger partial charge in [-0.2, -0.15) is 5.10 Å². The third kappa shape index (κ3) is 4.14. The second kappa shape index (κ2) is 9.25. The number of pyridine rings is 1. The van der Waals surface area contributed by atoms with Gasteiger partial charge in [-0.1, -0.05) is 31.2 Å². The zero-order chi connectivity index (χ0) is 24.5. The van der Waals surface area contributed by atoms with E-state index in [1.807, 2.05) is 67.3 Å². The minimum Gasteiger partial charge on any atom is -0.507 e. The molecule has 2 aromatic carbocycles. The molecule has 0 saturated carbocycles. The molecule has 0 bridgehead atoms. The van der Waals surface area contributed by atoms with E-state index in [0.717, 1.165) is 40.0 Å². The van der Waals surface area contributed by atoms with Crippen LogP contribution >= 0.6 is 0 Å². The highest BCUT2D eigenvalue weighted by atomic mass is 16.5. The summed E-state index contributed by atoms with van der Waals surface area (Å²) < 4.78 is 5.89. The van der Waals surface area contributed by atoms with Gasteiger partial charge in [0.05, 0.1) is 12.6 Å². The number of H-pyrrole nitrogens is 1. The van der Waals surface area contributed by atoms with E-state index in [9.17, 15) is 9.90 Å². The van der Waals surface area contributed by atoms with Crippen LogP contribution in [-0.2, 0) is 6.54 Å². The second-order valence-electron chi connectivity index (χ2n) is 8.96. The molecule has 1 aliphatic heterocycles. The van der Waals surface area contributed by atoms with Crippen molar-refractivity contribution in [3.05, 3.63) is 94.4 Å². The Morgan fingerprint density at radius 2 is 2.00 bits per heavy atom. The molecule has 178 valence electrons. The fraction of sp³-hybridized carbons (Fsp3) is 0.250. The maximum Gasteiger partial charge on any atom is 0.273 e. The fourth-order valence-corrected chi connectivity index (χ4v) is 4.73. The SMILES string of the molecule is CCCOc1cccc(C2c3c(-c4cc(C)cc(C)c4O)n[nH]c3C(=O)N2Cc2cccnc2)c1. The van der Waals surface area contributed by atoms with E-state index in [1.165, 1.54) is 0 Å². The van der Waals surface area contributed by atoms with Crippen LogP contribution < -0.4 is 4.74 Å². The van der Waals surface area contributed by atoms with Crippen molar-refractivity contribution >= 4 is 5.91 Å². The lowest BCUT2D eigenvalue weighted by atomic mass is 9.94. The molecular weight excluding hydrogens is 440 g/mol. The molecule has 0 radical (unpaired) electrons. The fourth-order valence-electron chi connectivity index (χ4n) is 4.73. The first kappa shape index (κ1) is 22.7. The zero-order valence-corrected chi connectivity index (χ0v) is 20.1. The molecule has 7 nitrogen and oxygen atoms in total. The molecule has 2 N–H and O–H groups in total. The molecule has 4 aromatic rings. The Labute approximate surface area is 204 Å². The predicted octanol–water partition coefficient (Wildman–Crippen LogP) is 5.33. The number of amides is 1. The van der Waals surface area contributed by atoms with Gasteiger partial charge >= 0.3 is 0 Å². The number of hydrogen-bond acceptors (Lipinski definition) is 5. The summed E-state index contributed by atoms with van der Waals surface area (Å²) in [5.74, 6) is 0.782. The van der Waals surface area contributed by atoms with Gasteiger partial charge in [0.1, 0.15) is 22.9 Å². The maximum absolute atomic E-state index is 13.6. The number of carbonyl (C=O) groups is 1. The summed E-state index contributed by atoms with van der Waals surface area (Å²) in [6, 6.07) is 15.1. The number of aromatic hydroxyl groups is 1. The van der Waals surface area contributed by atoms with Gasteiger partial charge in [0.15, 0.2) is 0 Å². The summed E-state index contributed by atoms with van der Waals surface area (Å²) >= 11 is 0. The number of benzene rings is 2. The lowest BCUT2D eigenvalue weighted by molar-refractivity contribution is 0.0729. The van der Waals surface area contributed by atoms with Crippen LogP contribution in [0.1, 0.15) is 57.7 Å². The van der Waals surface area contributed by atoms with E-state index in [0.29, 0.717) is 30.1 Å². The van der Waals surface area contributed by atoms with Gasteiger partial charge in [-0.05, 0) is 66.8 Å². The quantitative estimate of drug-likeness (QED) is 0.383. The summed E-state index contributed by atoms with van der Waals surface area (Å²) in [6.07, 6.45) is 4.39. The normalized spacial score (nSPS) is 14.9. The van der Waals surface area contributed by atoms with Crippen LogP contribution in [0.5, 0.6) is 11.5 Å². The first-order valence-corrected chi connectivity index (χ1v) is 11.8. The monoisotopic (exact) mass is 468 g/mol. The van der Waals surface area contributed by atoms with E-state index in [-0.39, 0.29) is 11.7 Å². The van der Waals surface area contributed by atoms with Crippen LogP contribution in [0.4, 0.5) is 0 Å². The molecule has 1 atom stereocenters. The summed E-state index contributed by atoms with van der Waals surface area (Å²) in [7, 11) is 0. The van der Waals surface area contributed by atoms with Gasteiger partial charge in [0.2, 0.25) is 0 Å². The molecular formula is C28H28N4O3. The Balaban J connectivity index is 1.67. The van der Waals surface area contributed by atoms with E-state index < -0.39 is 6.04 Å². The van der Waals surface area contributed by atoms with Crippen molar-refractivity contribution in [1.82, 2.24) is 20.1 Å². The number of aromatic nitrogens is 3. The van der Waals surface area contributed by atoms with E-state index >= 15 is 0 Å². The van der Waals surface area contributed by atoms with Crippen LogP contribution in [-0.4, -0.2) is 37.7 Å². The van der Waals surface area contributed by atoms with E-state index in [4.69, 9.17) is 4.74 Å². The van der Waals surface area contributed by atoms with Crippen LogP contribution in [0, 0.1) is 13.8 Å². The molecule has 1 unspecified atom stereocenters. The molecule has 0 spiro atoms. The molecule has 0 aliphatic carbocycles. The van der Waals surface area contributed by atoms with Gasteiger partial charge in [0.25, 0.3) is 5.91 Å². The van der Waals surface area contributed by atoms with Crippen LogP contribution in [0.2, 0.25) is 0 Å². The molecule has 1 aliphatic rings. The summed E-state index contributed by atoms with van der Waals surface area (Å²) in [6.45, 7) is 6.91. The molecule has 0 fully saturated rings. The lowest BCUT2D eigenvalue weighted by Crippen LogP contribution is -2.29. The predicted molar refractivity (Wildman–Crippen MR) is 133 cm³/mol. The van der Waals surface area contributed by atoms with Gasteiger partial charge in [0, 0.05) is 30.1 Å². The number of aryl methyl sites for hydroxylation is 2. The van der Waals surface area contributed by atoms with Crippen LogP contribution in [0.3, 0.4) is 0 Å². The number of hydrogen-bond donors (Lipinski definition) is 2. The summed E-state index contributed by atoms with van der Waals surface area (Å²) in [5.41, 5.74) is 6.00. The Kier molecular flexibility index (Phi) is 5.99. The van der Waals surface area contributed by atoms with Gasteiger partial charge in [-0.3, -0.25) is 14.9 Å². The highest BCUT2D eigenvalue weighted by Gasteiger charge is 2.42. The average Bonchev–Trinajstić information content (AvgIpc) is 3.40. The number of nitrogens with one attached hydrogen (secondary N) is 1. The Morgan fingerprint density at radius 1 is 1.14 bits per heavy atom. The Morgan fingerprint density at radius 3 is 2.77 bits per heavy atom. The molecule has 0 saturated heterocycles. The zero-order valence-electron chi connectivity index (χ0n) is 20.1. The van der Waals surface area contributed by atoms with Crippen molar-refractivity contribution in [2.75, 3.05) is 6.61 Å². The number of phenols is 1. The van der Waals surface area contributed by atoms with Crippen molar-refractivity contribution in [3.8, 4) is 22.8 Å². The third-order valence-electron chi connectivity index (χ3n) is 6.29. The topological polar surface area (TPSA) is 91.3 Å². The van der Waals surface area contributed by atoms with Crippen molar-refractivity contribution in [1.29, 1.82) is 0 Å². The number of ether oxygens (including phenoxy) is 1. The highest BCUT2D eigenvalue weighted by Crippen LogP contribution is 2.46. The number of nitrogens with zero attached hydrogens (tertiary/aromatic N) is 3. The van der Waals surface area contributed by atoms with Gasteiger partial charge in [-0.15, -0.1) is 0 Å². The lowest BCUT2D eigenvalue weighted by Gasteiger charge is -2.27. The largest absolute Gasteiger partial charge is 0.507 e. The van der Waals surface area contributed by atoms with Crippen molar-refractivity contribution < 1.29 is 14.6 Å². The molecule has 35 heavy (non-hydrogen) atoms. The summed E-state index contributed by atoms with van der Waals surface area (Å²) in [4.78, 5) is 19.7. The molecule has 2 aromatic heterocycles. The molecule has 5 rings (SSSR count). The molecule has 1 amide bonds. The number of carbonyl (C=O) groups excluding carboxylic acids is 1. The number of rotatable bonds is 7. The Hall–Kier alpha value is -4.13. The van der Waals surface area contributed by atoms with E-state index in [1.54, 1.807) is 12.4 Å². The second-order valence-corrected chi connectivity index (χ2v) is 8.96. The van der Waals surface area contributed by atoms with Crippen LogP contribution in [0.15, 0.2) is 60.9 Å².